The number of nitrogens with zero attached hydrogens (tertiary/aromatic N) is 3. The lowest BCUT2D eigenvalue weighted by Crippen LogP contribution is -2.48. The third kappa shape index (κ3) is 7.05. The van der Waals surface area contributed by atoms with E-state index in [1.54, 1.807) is 11.3 Å². The summed E-state index contributed by atoms with van der Waals surface area (Å²) in [5.74, 6) is 1.87. The Bertz CT molecular complexity index is 557. The van der Waals surface area contributed by atoms with Gasteiger partial charge in [0.05, 0.1) is 0 Å². The summed E-state index contributed by atoms with van der Waals surface area (Å²) in [6.45, 7) is 13.5. The second-order valence-electron chi connectivity index (χ2n) is 8.25. The van der Waals surface area contributed by atoms with Gasteiger partial charge < -0.3 is 15.5 Å². The Morgan fingerprint density at radius 1 is 1.11 bits per heavy atom. The van der Waals surface area contributed by atoms with Gasteiger partial charge in [-0.2, -0.15) is 11.3 Å². The number of nitrogens with one attached hydrogen (secondary N) is 2. The van der Waals surface area contributed by atoms with E-state index in [0.717, 1.165) is 31.5 Å². The fourth-order valence-corrected chi connectivity index (χ4v) is 5.00. The summed E-state index contributed by atoms with van der Waals surface area (Å²) >= 11 is 1.80. The molecule has 6 heteroatoms. The zero-order valence-electron chi connectivity index (χ0n) is 17.8. The summed E-state index contributed by atoms with van der Waals surface area (Å²) in [6.07, 6.45) is 6.31. The van der Waals surface area contributed by atoms with Gasteiger partial charge >= 0.3 is 0 Å². The molecule has 0 saturated carbocycles. The molecule has 3 rings (SSSR count). The minimum atomic E-state index is 0.546. The fraction of sp³-hybridized carbons (Fsp3) is 0.773. The maximum Gasteiger partial charge on any atom is 0.191 e. The van der Waals surface area contributed by atoms with Crippen molar-refractivity contribution in [2.24, 2.45) is 10.9 Å². The molecule has 2 saturated heterocycles. The van der Waals surface area contributed by atoms with Gasteiger partial charge in [-0.25, -0.2) is 0 Å². The number of likely N-dealkylation sites (tertiary alicyclic amines) is 2. The van der Waals surface area contributed by atoms with Crippen molar-refractivity contribution in [1.82, 2.24) is 20.4 Å². The molecule has 2 N–H and O–H groups in total. The first-order valence-electron chi connectivity index (χ1n) is 11.3. The van der Waals surface area contributed by atoms with Crippen molar-refractivity contribution >= 4 is 17.3 Å². The van der Waals surface area contributed by atoms with Crippen LogP contribution in [0.2, 0.25) is 0 Å². The average molecular weight is 406 g/mol. The Morgan fingerprint density at radius 2 is 1.86 bits per heavy atom. The van der Waals surface area contributed by atoms with Crippen LogP contribution in [0.15, 0.2) is 21.8 Å². The van der Waals surface area contributed by atoms with Crippen LogP contribution in [0.3, 0.4) is 0 Å². The van der Waals surface area contributed by atoms with Crippen LogP contribution in [0.5, 0.6) is 0 Å². The summed E-state index contributed by atoms with van der Waals surface area (Å²) in [5, 5.41) is 11.6. The van der Waals surface area contributed by atoms with E-state index in [-0.39, 0.29) is 0 Å². The predicted octanol–water partition coefficient (Wildman–Crippen LogP) is 3.39. The average Bonchev–Trinajstić information content (AvgIpc) is 3.23. The van der Waals surface area contributed by atoms with Crippen molar-refractivity contribution in [1.29, 1.82) is 0 Å². The molecule has 5 nitrogen and oxygen atoms in total. The second kappa shape index (κ2) is 11.8. The zero-order valence-corrected chi connectivity index (χ0v) is 18.6. The second-order valence-corrected chi connectivity index (χ2v) is 9.03. The standard InChI is InChI=1S/C22H39N5S/c1-3-23-22(24-11-5-19-6-12-26(4-2)13-7-19)25-21-8-14-27(15-9-21)17-20-10-16-28-18-20/h10,16,18-19,21H,3-9,11-15,17H2,1-2H3,(H2,23,24,25). The van der Waals surface area contributed by atoms with Gasteiger partial charge in [0.25, 0.3) is 0 Å². The van der Waals surface area contributed by atoms with E-state index in [1.807, 2.05) is 0 Å². The molecule has 0 atom stereocenters. The molecule has 3 heterocycles. The molecular weight excluding hydrogens is 366 g/mol. The first-order chi connectivity index (χ1) is 13.8. The van der Waals surface area contributed by atoms with Crippen LogP contribution < -0.4 is 10.6 Å². The quantitative estimate of drug-likeness (QED) is 0.514. The molecule has 0 aliphatic carbocycles. The molecule has 0 radical (unpaired) electrons. The van der Waals surface area contributed by atoms with Crippen LogP contribution in [-0.4, -0.2) is 67.6 Å². The van der Waals surface area contributed by atoms with E-state index in [4.69, 9.17) is 4.99 Å². The summed E-state index contributed by atoms with van der Waals surface area (Å²) in [5.41, 5.74) is 1.45. The molecule has 0 spiro atoms. The van der Waals surface area contributed by atoms with E-state index in [9.17, 15) is 0 Å². The molecule has 1 aromatic rings. The maximum absolute atomic E-state index is 4.89. The molecule has 28 heavy (non-hydrogen) atoms. The van der Waals surface area contributed by atoms with Crippen molar-refractivity contribution in [2.45, 2.75) is 58.5 Å². The van der Waals surface area contributed by atoms with Gasteiger partial charge in [-0.3, -0.25) is 9.89 Å². The molecule has 0 bridgehead atoms. The Labute approximate surface area is 175 Å². The van der Waals surface area contributed by atoms with Crippen molar-refractivity contribution in [2.75, 3.05) is 45.8 Å². The molecule has 158 valence electrons. The molecule has 2 fully saturated rings. The summed E-state index contributed by atoms with van der Waals surface area (Å²) in [6, 6.07) is 2.79. The highest BCUT2D eigenvalue weighted by Crippen LogP contribution is 2.20. The van der Waals surface area contributed by atoms with Gasteiger partial charge in [0.15, 0.2) is 5.96 Å². The number of hydrogen-bond donors (Lipinski definition) is 2. The van der Waals surface area contributed by atoms with Gasteiger partial charge in [0.2, 0.25) is 0 Å². The molecule has 2 aliphatic heterocycles. The van der Waals surface area contributed by atoms with Gasteiger partial charge in [-0.1, -0.05) is 6.92 Å². The first kappa shape index (κ1) is 21.6. The zero-order chi connectivity index (χ0) is 19.6. The van der Waals surface area contributed by atoms with Crippen LogP contribution in [0, 0.1) is 5.92 Å². The van der Waals surface area contributed by atoms with Gasteiger partial charge in [0.1, 0.15) is 0 Å². The number of aliphatic imine (C=N–C) groups is 1. The van der Waals surface area contributed by atoms with Crippen LogP contribution in [0.25, 0.3) is 0 Å². The predicted molar refractivity (Wildman–Crippen MR) is 121 cm³/mol. The van der Waals surface area contributed by atoms with Crippen molar-refractivity contribution in [3.05, 3.63) is 22.4 Å². The van der Waals surface area contributed by atoms with Crippen molar-refractivity contribution in [3.8, 4) is 0 Å². The maximum atomic E-state index is 4.89. The summed E-state index contributed by atoms with van der Waals surface area (Å²) in [4.78, 5) is 10.0. The number of rotatable bonds is 8. The largest absolute Gasteiger partial charge is 0.357 e. The first-order valence-corrected chi connectivity index (χ1v) is 12.2. The lowest BCUT2D eigenvalue weighted by atomic mass is 9.94. The van der Waals surface area contributed by atoms with Crippen LogP contribution in [0.4, 0.5) is 0 Å². The molecule has 1 aromatic heterocycles. The summed E-state index contributed by atoms with van der Waals surface area (Å²) < 4.78 is 0. The van der Waals surface area contributed by atoms with E-state index in [2.05, 4.69) is 51.1 Å². The molecular formula is C22H39N5S. The Morgan fingerprint density at radius 3 is 2.50 bits per heavy atom. The summed E-state index contributed by atoms with van der Waals surface area (Å²) in [7, 11) is 0. The minimum absolute atomic E-state index is 0.546. The third-order valence-electron chi connectivity index (χ3n) is 6.22. The number of hydrogen-bond acceptors (Lipinski definition) is 4. The Kier molecular flexibility index (Phi) is 9.09. The lowest BCUT2D eigenvalue weighted by molar-refractivity contribution is 0.188. The fourth-order valence-electron chi connectivity index (χ4n) is 4.34. The third-order valence-corrected chi connectivity index (χ3v) is 6.95. The molecule has 0 unspecified atom stereocenters. The minimum Gasteiger partial charge on any atom is -0.357 e. The van der Waals surface area contributed by atoms with Crippen molar-refractivity contribution in [3.63, 3.8) is 0 Å². The monoisotopic (exact) mass is 405 g/mol. The van der Waals surface area contributed by atoms with Gasteiger partial charge in [0, 0.05) is 38.8 Å². The van der Waals surface area contributed by atoms with Crippen LogP contribution in [0.1, 0.15) is 51.5 Å². The van der Waals surface area contributed by atoms with Gasteiger partial charge in [-0.15, -0.1) is 0 Å². The number of piperidine rings is 2. The molecule has 2 aliphatic rings. The lowest BCUT2D eigenvalue weighted by Gasteiger charge is -2.33. The van der Waals surface area contributed by atoms with E-state index in [0.29, 0.717) is 6.04 Å². The molecule has 0 aromatic carbocycles. The number of guanidine groups is 1. The van der Waals surface area contributed by atoms with Gasteiger partial charge in [-0.05, 0) is 87.0 Å². The van der Waals surface area contributed by atoms with E-state index >= 15 is 0 Å². The SMILES string of the molecule is CCNC(=NCCC1CCN(CC)CC1)NC1CCN(Cc2ccsc2)CC1. The normalized spacial score (nSPS) is 21.1. The van der Waals surface area contributed by atoms with Crippen molar-refractivity contribution < 1.29 is 0 Å². The van der Waals surface area contributed by atoms with E-state index in [1.165, 1.54) is 70.4 Å². The Balaban J connectivity index is 1.37. The topological polar surface area (TPSA) is 42.9 Å². The smallest absolute Gasteiger partial charge is 0.191 e. The van der Waals surface area contributed by atoms with Crippen LogP contribution >= 0.6 is 11.3 Å². The van der Waals surface area contributed by atoms with Crippen LogP contribution in [-0.2, 0) is 6.54 Å². The van der Waals surface area contributed by atoms with E-state index < -0.39 is 0 Å². The number of thiophene rings is 1. The highest BCUT2D eigenvalue weighted by Gasteiger charge is 2.21. The highest BCUT2D eigenvalue weighted by molar-refractivity contribution is 7.07. The highest BCUT2D eigenvalue weighted by atomic mass is 32.1. The Hall–Kier alpha value is -1.11. The molecule has 0 amide bonds.